The van der Waals surface area contributed by atoms with E-state index in [1.54, 1.807) is 0 Å². The molecule has 138 valence electrons. The van der Waals surface area contributed by atoms with Crippen molar-refractivity contribution in [1.29, 1.82) is 0 Å². The molecule has 0 amide bonds. The number of hydrogen-bond donors (Lipinski definition) is 0. The number of rotatable bonds is 4. The maximum Gasteiger partial charge on any atom is 0.249 e. The van der Waals surface area contributed by atoms with Crippen LogP contribution in [0.15, 0.2) is 102 Å². The van der Waals surface area contributed by atoms with Crippen molar-refractivity contribution in [2.75, 3.05) is 0 Å². The van der Waals surface area contributed by atoms with Gasteiger partial charge >= 0.3 is 0 Å². The first-order chi connectivity index (χ1) is 13.7. The molecule has 0 N–H and O–H groups in total. The van der Waals surface area contributed by atoms with Crippen LogP contribution in [0.25, 0.3) is 0 Å². The molecule has 0 unspecified atom stereocenters. The monoisotopic (exact) mass is 383 g/mol. The summed E-state index contributed by atoms with van der Waals surface area (Å²) in [5.74, 6) is 0.544. The van der Waals surface area contributed by atoms with E-state index in [1.165, 1.54) is 15.9 Å². The van der Waals surface area contributed by atoms with Crippen LogP contribution >= 0.6 is 7.05 Å². The molecule has 4 heteroatoms. The second kappa shape index (κ2) is 7.92. The molecule has 1 heterocycles. The third kappa shape index (κ3) is 3.54. The normalized spacial score (nSPS) is 11.2. The van der Waals surface area contributed by atoms with Gasteiger partial charge in [0.15, 0.2) is 0 Å². The summed E-state index contributed by atoms with van der Waals surface area (Å²) in [5, 5.41) is 3.57. The fourth-order valence-electron chi connectivity index (χ4n) is 3.44. The molecule has 0 aliphatic heterocycles. The van der Waals surface area contributed by atoms with E-state index in [0.717, 1.165) is 11.4 Å². The van der Waals surface area contributed by atoms with E-state index in [4.69, 9.17) is 4.74 Å². The minimum atomic E-state index is -2.31. The fraction of sp³-hybridized carbons (Fsp3) is 0.0833. The third-order valence-corrected chi connectivity index (χ3v) is 8.21. The Kier molecular flexibility index (Phi) is 5.18. The van der Waals surface area contributed by atoms with Gasteiger partial charge in [0, 0.05) is 27.3 Å². The van der Waals surface area contributed by atoms with Gasteiger partial charge in [0.1, 0.15) is 0 Å². The average Bonchev–Trinajstić information content (AvgIpc) is 2.73. The molecule has 3 nitrogen and oxygen atoms in total. The van der Waals surface area contributed by atoms with Crippen LogP contribution in [0, 0.1) is 13.8 Å². The average molecular weight is 383 g/mol. The minimum absolute atomic E-state index is 0.544. The molecule has 0 aliphatic carbocycles. The molecule has 4 aromatic rings. The van der Waals surface area contributed by atoms with Crippen LogP contribution in [0.5, 0.6) is 0 Å². The third-order valence-electron chi connectivity index (χ3n) is 4.60. The highest BCUT2D eigenvalue weighted by molar-refractivity contribution is 7.87. The summed E-state index contributed by atoms with van der Waals surface area (Å²) >= 11 is 0. The highest BCUT2D eigenvalue weighted by Gasteiger charge is 2.27. The van der Waals surface area contributed by atoms with Crippen LogP contribution in [-0.2, 0) is 0 Å². The Bertz CT molecular complexity index is 1000. The molecule has 0 aliphatic rings. The molecular weight excluding hydrogens is 361 g/mol. The van der Waals surface area contributed by atoms with E-state index in [2.05, 4.69) is 82.8 Å². The van der Waals surface area contributed by atoms with Crippen molar-refractivity contribution in [2.45, 2.75) is 13.8 Å². The maximum absolute atomic E-state index is 5.31. The number of aromatic nitrogens is 2. The number of hydrogen-bond acceptors (Lipinski definition) is 3. The molecule has 0 atom stereocenters. The Hall–Kier alpha value is -3.03. The van der Waals surface area contributed by atoms with Gasteiger partial charge in [-0.2, -0.15) is 0 Å². The van der Waals surface area contributed by atoms with Crippen molar-refractivity contribution in [3.63, 3.8) is 0 Å². The van der Waals surface area contributed by atoms with E-state index in [9.17, 15) is 0 Å². The summed E-state index contributed by atoms with van der Waals surface area (Å²) in [7, 11) is -2.31. The second-order valence-corrected chi connectivity index (χ2v) is 9.71. The molecule has 0 saturated carbocycles. The van der Waals surface area contributed by atoms with Crippen molar-refractivity contribution < 1.29 is 0 Å². The van der Waals surface area contributed by atoms with Gasteiger partial charge in [-0.15, -0.1) is 0 Å². The maximum atomic E-state index is 5.31. The highest BCUT2D eigenvalue weighted by atomic mass is 31.2. The van der Waals surface area contributed by atoms with Crippen LogP contribution in [0.4, 0.5) is 5.95 Å². The lowest BCUT2D eigenvalue weighted by molar-refractivity contribution is 1.05. The Morgan fingerprint density at radius 3 is 1.29 bits per heavy atom. The molecule has 4 rings (SSSR count). The SMILES string of the molecule is Cc1cc(C)nc(N=P(c2ccccc2)(c2ccccc2)c2ccccc2)n1. The van der Waals surface area contributed by atoms with Crippen LogP contribution in [0.3, 0.4) is 0 Å². The topological polar surface area (TPSA) is 38.1 Å². The Morgan fingerprint density at radius 1 is 0.571 bits per heavy atom. The molecule has 28 heavy (non-hydrogen) atoms. The summed E-state index contributed by atoms with van der Waals surface area (Å²) in [4.78, 5) is 9.29. The van der Waals surface area contributed by atoms with Gasteiger partial charge < -0.3 is 0 Å². The molecular formula is C24H22N3P. The Morgan fingerprint density at radius 2 is 0.929 bits per heavy atom. The van der Waals surface area contributed by atoms with Crippen molar-refractivity contribution >= 4 is 28.9 Å². The standard InChI is InChI=1S/C24H22N3P/c1-19-18-20(2)26-24(25-19)27-28(21-12-6-3-7-13-21,22-14-8-4-9-15-22)23-16-10-5-11-17-23/h3-18H,1-2H3. The lowest BCUT2D eigenvalue weighted by Gasteiger charge is -2.26. The molecule has 0 saturated heterocycles. The molecule has 0 bridgehead atoms. The zero-order valence-electron chi connectivity index (χ0n) is 16.0. The van der Waals surface area contributed by atoms with E-state index in [-0.39, 0.29) is 0 Å². The van der Waals surface area contributed by atoms with Crippen molar-refractivity contribution in [1.82, 2.24) is 9.97 Å². The largest absolute Gasteiger partial charge is 0.249 e. The second-order valence-electron chi connectivity index (χ2n) is 6.69. The van der Waals surface area contributed by atoms with Crippen molar-refractivity contribution in [3.05, 3.63) is 108 Å². The summed E-state index contributed by atoms with van der Waals surface area (Å²) in [6.45, 7) is 3.97. The van der Waals surface area contributed by atoms with E-state index in [1.807, 2.05) is 38.1 Å². The van der Waals surface area contributed by atoms with Crippen LogP contribution < -0.4 is 15.9 Å². The number of nitrogens with zero attached hydrogens (tertiary/aromatic N) is 3. The van der Waals surface area contributed by atoms with Gasteiger partial charge in [0.25, 0.3) is 0 Å². The van der Waals surface area contributed by atoms with Crippen LogP contribution in [0.1, 0.15) is 11.4 Å². The van der Waals surface area contributed by atoms with E-state index >= 15 is 0 Å². The Labute approximate surface area is 166 Å². The van der Waals surface area contributed by atoms with E-state index < -0.39 is 7.05 Å². The molecule has 3 aromatic carbocycles. The first-order valence-corrected chi connectivity index (χ1v) is 11.0. The lowest BCUT2D eigenvalue weighted by Crippen LogP contribution is -2.25. The quantitative estimate of drug-likeness (QED) is 0.470. The van der Waals surface area contributed by atoms with Gasteiger partial charge in [-0.25, -0.2) is 14.7 Å². The van der Waals surface area contributed by atoms with Crippen molar-refractivity contribution in [2.24, 2.45) is 4.74 Å². The molecule has 1 aromatic heterocycles. The van der Waals surface area contributed by atoms with Crippen LogP contribution in [-0.4, -0.2) is 9.97 Å². The summed E-state index contributed by atoms with van der Waals surface area (Å²) in [5.41, 5.74) is 1.86. The lowest BCUT2D eigenvalue weighted by atomic mass is 10.4. The fourth-order valence-corrected chi connectivity index (χ4v) is 6.85. The van der Waals surface area contributed by atoms with Gasteiger partial charge in [0.2, 0.25) is 5.95 Å². The number of aryl methyl sites for hydroxylation is 2. The molecule has 0 spiro atoms. The molecule has 0 radical (unpaired) electrons. The summed E-state index contributed by atoms with van der Waals surface area (Å²) < 4.78 is 5.31. The first kappa shape index (κ1) is 18.3. The predicted octanol–water partition coefficient (Wildman–Crippen LogP) is 4.90. The molecule has 0 fully saturated rings. The Balaban J connectivity index is 2.14. The minimum Gasteiger partial charge on any atom is -0.217 e. The van der Waals surface area contributed by atoms with Gasteiger partial charge in [-0.3, -0.25) is 0 Å². The smallest absolute Gasteiger partial charge is 0.217 e. The summed E-state index contributed by atoms with van der Waals surface area (Å²) in [6.07, 6.45) is 0. The van der Waals surface area contributed by atoms with Crippen molar-refractivity contribution in [3.8, 4) is 0 Å². The van der Waals surface area contributed by atoms with Crippen LogP contribution in [0.2, 0.25) is 0 Å². The zero-order valence-corrected chi connectivity index (χ0v) is 16.9. The number of benzene rings is 3. The predicted molar refractivity (Wildman–Crippen MR) is 119 cm³/mol. The van der Waals surface area contributed by atoms with Gasteiger partial charge in [-0.05, 0) is 19.9 Å². The first-order valence-electron chi connectivity index (χ1n) is 9.30. The summed E-state index contributed by atoms with van der Waals surface area (Å²) in [6, 6.07) is 33.6. The van der Waals surface area contributed by atoms with Gasteiger partial charge in [0.05, 0.1) is 7.05 Å². The van der Waals surface area contributed by atoms with Gasteiger partial charge in [-0.1, -0.05) is 91.0 Å². The highest BCUT2D eigenvalue weighted by Crippen LogP contribution is 2.48. The zero-order chi connectivity index (χ0) is 19.4. The van der Waals surface area contributed by atoms with E-state index in [0.29, 0.717) is 5.95 Å².